The van der Waals surface area contributed by atoms with E-state index in [1.807, 2.05) is 0 Å². The topological polar surface area (TPSA) is 33.7 Å². The number of nitrogens with one attached hydrogen (secondary N) is 1. The molecule has 1 aliphatic rings. The Kier molecular flexibility index (Phi) is 10.3. The summed E-state index contributed by atoms with van der Waals surface area (Å²) in [6.07, 6.45) is 5.18. The minimum atomic E-state index is 0.675. The molecule has 1 heterocycles. The second kappa shape index (κ2) is 11.5. The third-order valence-corrected chi connectivity index (χ3v) is 3.97. The molecule has 1 saturated heterocycles. The zero-order valence-corrected chi connectivity index (χ0v) is 13.7. The normalized spacial score (nSPS) is 20.7. The number of piperidine rings is 1. The van der Waals surface area contributed by atoms with Gasteiger partial charge in [0.15, 0.2) is 0 Å². The average Bonchev–Trinajstić information content (AvgIpc) is 2.44. The lowest BCUT2D eigenvalue weighted by molar-refractivity contribution is 0.0664. The van der Waals surface area contributed by atoms with Crippen molar-refractivity contribution in [2.45, 2.75) is 45.6 Å². The standard InChI is InChI=1S/C16H34N2O2/c1-15(2)7-11-20-13-10-18-9-5-4-6-16(18)14-17-8-12-19-3/h15-17H,4-14H2,1-3H3. The summed E-state index contributed by atoms with van der Waals surface area (Å²) in [6.45, 7) is 11.4. The molecule has 1 atom stereocenters. The first kappa shape index (κ1) is 17.9. The van der Waals surface area contributed by atoms with Crippen LogP contribution >= 0.6 is 0 Å². The van der Waals surface area contributed by atoms with Gasteiger partial charge in [0.25, 0.3) is 0 Å². The molecule has 120 valence electrons. The van der Waals surface area contributed by atoms with Crippen LogP contribution in [0.2, 0.25) is 0 Å². The molecule has 0 aromatic carbocycles. The number of likely N-dealkylation sites (tertiary alicyclic amines) is 1. The van der Waals surface area contributed by atoms with E-state index in [1.54, 1.807) is 7.11 Å². The molecule has 0 saturated carbocycles. The molecular formula is C16H34N2O2. The van der Waals surface area contributed by atoms with E-state index >= 15 is 0 Å². The van der Waals surface area contributed by atoms with Crippen LogP contribution in [-0.2, 0) is 9.47 Å². The largest absolute Gasteiger partial charge is 0.383 e. The summed E-state index contributed by atoms with van der Waals surface area (Å²) in [6, 6.07) is 0.675. The van der Waals surface area contributed by atoms with Gasteiger partial charge in [-0.2, -0.15) is 0 Å². The van der Waals surface area contributed by atoms with Crippen molar-refractivity contribution in [2.75, 3.05) is 53.1 Å². The van der Waals surface area contributed by atoms with Gasteiger partial charge in [-0.25, -0.2) is 0 Å². The highest BCUT2D eigenvalue weighted by atomic mass is 16.5. The van der Waals surface area contributed by atoms with Crippen molar-refractivity contribution < 1.29 is 9.47 Å². The number of nitrogens with zero attached hydrogens (tertiary/aromatic N) is 1. The van der Waals surface area contributed by atoms with Crippen molar-refractivity contribution in [3.8, 4) is 0 Å². The predicted molar refractivity (Wildman–Crippen MR) is 84.2 cm³/mol. The highest BCUT2D eigenvalue weighted by Gasteiger charge is 2.21. The van der Waals surface area contributed by atoms with Gasteiger partial charge in [-0.15, -0.1) is 0 Å². The summed E-state index contributed by atoms with van der Waals surface area (Å²) in [4.78, 5) is 2.60. The predicted octanol–water partition coefficient (Wildman–Crippen LogP) is 2.14. The molecule has 20 heavy (non-hydrogen) atoms. The first-order valence-corrected chi connectivity index (χ1v) is 8.25. The van der Waals surface area contributed by atoms with Crippen LogP contribution in [0.4, 0.5) is 0 Å². The first-order valence-electron chi connectivity index (χ1n) is 8.25. The molecule has 4 heteroatoms. The van der Waals surface area contributed by atoms with Crippen LogP contribution in [0.5, 0.6) is 0 Å². The number of methoxy groups -OCH3 is 1. The van der Waals surface area contributed by atoms with Crippen molar-refractivity contribution in [1.82, 2.24) is 10.2 Å². The fourth-order valence-electron chi connectivity index (χ4n) is 2.63. The smallest absolute Gasteiger partial charge is 0.0593 e. The quantitative estimate of drug-likeness (QED) is 0.590. The maximum absolute atomic E-state index is 5.76. The Morgan fingerprint density at radius 1 is 1.20 bits per heavy atom. The van der Waals surface area contributed by atoms with Gasteiger partial charge in [0.2, 0.25) is 0 Å². The van der Waals surface area contributed by atoms with E-state index in [9.17, 15) is 0 Å². The van der Waals surface area contributed by atoms with Gasteiger partial charge in [-0.1, -0.05) is 20.3 Å². The van der Waals surface area contributed by atoms with Crippen molar-refractivity contribution in [1.29, 1.82) is 0 Å². The Labute approximate surface area is 125 Å². The fourth-order valence-corrected chi connectivity index (χ4v) is 2.63. The van der Waals surface area contributed by atoms with Crippen LogP contribution in [0.3, 0.4) is 0 Å². The molecule has 0 bridgehead atoms. The second-order valence-electron chi connectivity index (χ2n) is 6.18. The van der Waals surface area contributed by atoms with Crippen LogP contribution < -0.4 is 5.32 Å². The number of hydrogen-bond donors (Lipinski definition) is 1. The summed E-state index contributed by atoms with van der Waals surface area (Å²) in [5.74, 6) is 0.739. The van der Waals surface area contributed by atoms with Crippen LogP contribution in [0.25, 0.3) is 0 Å². The Morgan fingerprint density at radius 3 is 2.80 bits per heavy atom. The molecule has 1 N–H and O–H groups in total. The lowest BCUT2D eigenvalue weighted by atomic mass is 10.0. The molecule has 1 rings (SSSR count). The lowest BCUT2D eigenvalue weighted by Gasteiger charge is -2.35. The van der Waals surface area contributed by atoms with Crippen LogP contribution in [-0.4, -0.2) is 64.1 Å². The fraction of sp³-hybridized carbons (Fsp3) is 1.00. The van der Waals surface area contributed by atoms with E-state index in [1.165, 1.54) is 32.2 Å². The van der Waals surface area contributed by atoms with Gasteiger partial charge in [-0.05, 0) is 31.7 Å². The third-order valence-electron chi connectivity index (χ3n) is 3.97. The molecule has 1 fully saturated rings. The van der Waals surface area contributed by atoms with E-state index in [2.05, 4.69) is 24.1 Å². The number of ether oxygens (including phenoxy) is 2. The SMILES string of the molecule is COCCNCC1CCCCN1CCOCCC(C)C. The summed E-state index contributed by atoms with van der Waals surface area (Å²) >= 11 is 0. The van der Waals surface area contributed by atoms with E-state index in [0.29, 0.717) is 6.04 Å². The maximum atomic E-state index is 5.76. The summed E-state index contributed by atoms with van der Waals surface area (Å²) in [5.41, 5.74) is 0. The molecule has 0 radical (unpaired) electrons. The second-order valence-corrected chi connectivity index (χ2v) is 6.18. The monoisotopic (exact) mass is 286 g/mol. The van der Waals surface area contributed by atoms with E-state index < -0.39 is 0 Å². The van der Waals surface area contributed by atoms with Gasteiger partial charge >= 0.3 is 0 Å². The molecule has 1 aliphatic heterocycles. The maximum Gasteiger partial charge on any atom is 0.0593 e. The Morgan fingerprint density at radius 2 is 2.05 bits per heavy atom. The zero-order valence-electron chi connectivity index (χ0n) is 13.7. The van der Waals surface area contributed by atoms with Gasteiger partial charge < -0.3 is 14.8 Å². The zero-order chi connectivity index (χ0) is 14.6. The third kappa shape index (κ3) is 8.20. The van der Waals surface area contributed by atoms with Gasteiger partial charge in [-0.3, -0.25) is 4.90 Å². The average molecular weight is 286 g/mol. The first-order chi connectivity index (χ1) is 9.74. The van der Waals surface area contributed by atoms with Crippen molar-refractivity contribution in [3.05, 3.63) is 0 Å². The number of rotatable bonds is 11. The van der Waals surface area contributed by atoms with Crippen molar-refractivity contribution >= 4 is 0 Å². The van der Waals surface area contributed by atoms with Crippen molar-refractivity contribution in [3.63, 3.8) is 0 Å². The summed E-state index contributed by atoms with van der Waals surface area (Å²) in [5, 5.41) is 3.50. The molecule has 0 aliphatic carbocycles. The number of hydrogen-bond acceptors (Lipinski definition) is 4. The van der Waals surface area contributed by atoms with E-state index in [-0.39, 0.29) is 0 Å². The molecule has 0 amide bonds. The van der Waals surface area contributed by atoms with Crippen LogP contribution in [0, 0.1) is 5.92 Å². The Hall–Kier alpha value is -0.160. The minimum Gasteiger partial charge on any atom is -0.383 e. The van der Waals surface area contributed by atoms with Crippen LogP contribution in [0.15, 0.2) is 0 Å². The van der Waals surface area contributed by atoms with Gasteiger partial charge in [0.1, 0.15) is 0 Å². The molecule has 0 spiro atoms. The molecule has 0 aromatic heterocycles. The molecule has 1 unspecified atom stereocenters. The van der Waals surface area contributed by atoms with Gasteiger partial charge in [0.05, 0.1) is 13.2 Å². The summed E-state index contributed by atoms with van der Waals surface area (Å²) in [7, 11) is 1.75. The van der Waals surface area contributed by atoms with Gasteiger partial charge in [0, 0.05) is 39.4 Å². The van der Waals surface area contributed by atoms with Crippen molar-refractivity contribution in [2.24, 2.45) is 5.92 Å². The summed E-state index contributed by atoms with van der Waals surface area (Å²) < 4.78 is 10.8. The van der Waals surface area contributed by atoms with Crippen LogP contribution in [0.1, 0.15) is 39.5 Å². The Balaban J connectivity index is 2.12. The minimum absolute atomic E-state index is 0.675. The highest BCUT2D eigenvalue weighted by Crippen LogP contribution is 2.16. The Bertz CT molecular complexity index is 225. The highest BCUT2D eigenvalue weighted by molar-refractivity contribution is 4.78. The molecular weight excluding hydrogens is 252 g/mol. The molecule has 4 nitrogen and oxygen atoms in total. The van der Waals surface area contributed by atoms with E-state index in [4.69, 9.17) is 9.47 Å². The van der Waals surface area contributed by atoms with E-state index in [0.717, 1.165) is 45.4 Å². The lowest BCUT2D eigenvalue weighted by Crippen LogP contribution is -2.47. The molecule has 0 aromatic rings.